The van der Waals surface area contributed by atoms with E-state index in [-0.39, 0.29) is 12.3 Å². The van der Waals surface area contributed by atoms with Crippen molar-refractivity contribution in [3.05, 3.63) is 12.7 Å². The topological polar surface area (TPSA) is 75.6 Å². The average Bonchev–Trinajstić information content (AvgIpc) is 2.50. The first kappa shape index (κ1) is 24.9. The summed E-state index contributed by atoms with van der Waals surface area (Å²) in [5.41, 5.74) is -0.768. The van der Waals surface area contributed by atoms with Crippen molar-refractivity contribution in [1.29, 1.82) is 0 Å². The van der Waals surface area contributed by atoms with Gasteiger partial charge in [0.2, 0.25) is 0 Å². The van der Waals surface area contributed by atoms with Crippen molar-refractivity contribution in [3.8, 4) is 0 Å². The monoisotopic (exact) mass is 343 g/mol. The number of hydrogen-bond acceptors (Lipinski definition) is 3. The molecule has 142 valence electrons. The summed E-state index contributed by atoms with van der Waals surface area (Å²) in [4.78, 5) is 22.6. The molecule has 0 fully saturated rings. The van der Waals surface area contributed by atoms with E-state index in [1.54, 1.807) is 6.08 Å². The summed E-state index contributed by atoms with van der Waals surface area (Å²) in [6.45, 7) is 14.4. The molecule has 0 bridgehead atoms. The second-order valence-corrected chi connectivity index (χ2v) is 6.48. The molecule has 0 aliphatic rings. The lowest BCUT2D eigenvalue weighted by atomic mass is 10.0. The SMILES string of the molecule is C=CC.CCC(C)(OCCC(C)C)C(=O)NCCCCCC(=O)O. The van der Waals surface area contributed by atoms with Gasteiger partial charge in [0.25, 0.3) is 5.91 Å². The van der Waals surface area contributed by atoms with E-state index in [0.29, 0.717) is 31.9 Å². The molecule has 1 unspecified atom stereocenters. The molecule has 0 saturated carbocycles. The highest BCUT2D eigenvalue weighted by Crippen LogP contribution is 2.17. The first-order chi connectivity index (χ1) is 11.2. The lowest BCUT2D eigenvalue weighted by Crippen LogP contribution is -2.46. The maximum atomic E-state index is 12.2. The number of allylic oxidation sites excluding steroid dienone is 1. The molecule has 0 aromatic carbocycles. The van der Waals surface area contributed by atoms with Gasteiger partial charge in [0, 0.05) is 19.6 Å². The minimum atomic E-state index is -0.768. The predicted molar refractivity (Wildman–Crippen MR) is 99.1 cm³/mol. The Morgan fingerprint density at radius 2 is 1.88 bits per heavy atom. The Hall–Kier alpha value is -1.36. The maximum absolute atomic E-state index is 12.2. The van der Waals surface area contributed by atoms with Crippen LogP contribution in [0.1, 0.15) is 73.1 Å². The van der Waals surface area contributed by atoms with Crippen LogP contribution in [-0.4, -0.2) is 35.7 Å². The summed E-state index contributed by atoms with van der Waals surface area (Å²) in [6.07, 6.45) is 5.78. The Morgan fingerprint density at radius 1 is 1.29 bits per heavy atom. The summed E-state index contributed by atoms with van der Waals surface area (Å²) < 4.78 is 5.77. The maximum Gasteiger partial charge on any atom is 0.303 e. The largest absolute Gasteiger partial charge is 0.481 e. The zero-order valence-electron chi connectivity index (χ0n) is 16.2. The van der Waals surface area contributed by atoms with Gasteiger partial charge < -0.3 is 15.2 Å². The predicted octanol–water partition coefficient (Wildman–Crippen LogP) is 4.17. The number of carboxylic acids is 1. The molecule has 1 amide bonds. The number of aliphatic carboxylic acids is 1. The molecule has 0 aliphatic heterocycles. The molecule has 0 radical (unpaired) electrons. The zero-order chi connectivity index (χ0) is 19.0. The van der Waals surface area contributed by atoms with Crippen LogP contribution in [0.3, 0.4) is 0 Å². The molecular weight excluding hydrogens is 306 g/mol. The molecule has 0 saturated heterocycles. The quantitative estimate of drug-likeness (QED) is 0.412. The van der Waals surface area contributed by atoms with Crippen LogP contribution < -0.4 is 5.32 Å². The smallest absolute Gasteiger partial charge is 0.303 e. The van der Waals surface area contributed by atoms with Crippen molar-refractivity contribution < 1.29 is 19.4 Å². The molecule has 1 atom stereocenters. The number of ether oxygens (including phenoxy) is 1. The molecule has 24 heavy (non-hydrogen) atoms. The Balaban J connectivity index is 0. The molecular formula is C19H37NO4. The molecule has 5 heteroatoms. The Labute approximate surface area is 147 Å². The van der Waals surface area contributed by atoms with Gasteiger partial charge >= 0.3 is 5.97 Å². The lowest BCUT2D eigenvalue weighted by Gasteiger charge is -2.27. The number of carbonyl (C=O) groups is 2. The summed E-state index contributed by atoms with van der Waals surface area (Å²) >= 11 is 0. The van der Waals surface area contributed by atoms with Crippen molar-refractivity contribution >= 4 is 11.9 Å². The molecule has 0 heterocycles. The van der Waals surface area contributed by atoms with Gasteiger partial charge in [-0.2, -0.15) is 0 Å². The van der Waals surface area contributed by atoms with Crippen LogP contribution in [0.2, 0.25) is 0 Å². The number of rotatable bonds is 12. The van der Waals surface area contributed by atoms with Gasteiger partial charge in [0.05, 0.1) is 0 Å². The average molecular weight is 344 g/mol. The van der Waals surface area contributed by atoms with E-state index < -0.39 is 11.6 Å². The van der Waals surface area contributed by atoms with Gasteiger partial charge in [-0.15, -0.1) is 6.58 Å². The third kappa shape index (κ3) is 14.2. The van der Waals surface area contributed by atoms with Crippen LogP contribution in [0.15, 0.2) is 12.7 Å². The van der Waals surface area contributed by atoms with E-state index in [0.717, 1.165) is 19.3 Å². The molecule has 0 rings (SSSR count). The van der Waals surface area contributed by atoms with Crippen LogP contribution in [0.25, 0.3) is 0 Å². The number of amides is 1. The van der Waals surface area contributed by atoms with Crippen LogP contribution >= 0.6 is 0 Å². The molecule has 0 aliphatic carbocycles. The van der Waals surface area contributed by atoms with Crippen molar-refractivity contribution in [3.63, 3.8) is 0 Å². The Bertz CT molecular complexity index is 355. The minimum absolute atomic E-state index is 0.0769. The van der Waals surface area contributed by atoms with E-state index in [1.807, 2.05) is 20.8 Å². The van der Waals surface area contributed by atoms with Gasteiger partial charge in [-0.3, -0.25) is 9.59 Å². The number of nitrogens with one attached hydrogen (secondary N) is 1. The molecule has 5 nitrogen and oxygen atoms in total. The van der Waals surface area contributed by atoms with Crippen LogP contribution in [-0.2, 0) is 14.3 Å². The summed E-state index contributed by atoms with van der Waals surface area (Å²) in [7, 11) is 0. The fourth-order valence-corrected chi connectivity index (χ4v) is 1.81. The van der Waals surface area contributed by atoms with E-state index in [2.05, 4.69) is 25.7 Å². The molecule has 2 N–H and O–H groups in total. The Kier molecular flexibility index (Phi) is 15.7. The van der Waals surface area contributed by atoms with Gasteiger partial charge in [-0.05, 0) is 45.4 Å². The summed E-state index contributed by atoms with van der Waals surface area (Å²) in [5, 5.41) is 11.4. The second kappa shape index (κ2) is 15.2. The van der Waals surface area contributed by atoms with Crippen LogP contribution in [0.4, 0.5) is 0 Å². The third-order valence-electron chi connectivity index (χ3n) is 3.62. The summed E-state index contributed by atoms with van der Waals surface area (Å²) in [6, 6.07) is 0. The highest BCUT2D eigenvalue weighted by molar-refractivity contribution is 5.84. The number of hydrogen-bond donors (Lipinski definition) is 2. The minimum Gasteiger partial charge on any atom is -0.481 e. The van der Waals surface area contributed by atoms with E-state index in [1.165, 1.54) is 0 Å². The van der Waals surface area contributed by atoms with Gasteiger partial charge in [0.1, 0.15) is 5.60 Å². The fraction of sp³-hybridized carbons (Fsp3) is 0.789. The molecule has 0 aromatic rings. The van der Waals surface area contributed by atoms with Crippen molar-refractivity contribution in [1.82, 2.24) is 5.32 Å². The second-order valence-electron chi connectivity index (χ2n) is 6.48. The van der Waals surface area contributed by atoms with E-state index >= 15 is 0 Å². The first-order valence-corrected chi connectivity index (χ1v) is 8.94. The zero-order valence-corrected chi connectivity index (χ0v) is 16.2. The van der Waals surface area contributed by atoms with E-state index in [4.69, 9.17) is 9.84 Å². The van der Waals surface area contributed by atoms with Crippen molar-refractivity contribution in [2.24, 2.45) is 5.92 Å². The molecule has 0 aromatic heterocycles. The lowest BCUT2D eigenvalue weighted by molar-refractivity contribution is -0.146. The standard InChI is InChI=1S/C16H31NO4.C3H6/c1-5-16(4,21-12-10-13(2)3)15(20)17-11-8-6-7-9-14(18)19;1-3-2/h13H,5-12H2,1-4H3,(H,17,20)(H,18,19);3H,1H2,2H3. The number of unbranched alkanes of at least 4 members (excludes halogenated alkanes) is 2. The molecule has 0 spiro atoms. The third-order valence-corrected chi connectivity index (χ3v) is 3.62. The van der Waals surface area contributed by atoms with Gasteiger partial charge in [0.15, 0.2) is 0 Å². The fourth-order valence-electron chi connectivity index (χ4n) is 1.81. The van der Waals surface area contributed by atoms with Gasteiger partial charge in [-0.25, -0.2) is 0 Å². The highest BCUT2D eigenvalue weighted by atomic mass is 16.5. The van der Waals surface area contributed by atoms with E-state index in [9.17, 15) is 9.59 Å². The first-order valence-electron chi connectivity index (χ1n) is 8.94. The number of carbonyl (C=O) groups excluding carboxylic acids is 1. The van der Waals surface area contributed by atoms with Crippen LogP contribution in [0.5, 0.6) is 0 Å². The van der Waals surface area contributed by atoms with Gasteiger partial charge in [-0.1, -0.05) is 33.3 Å². The van der Waals surface area contributed by atoms with Crippen LogP contribution in [0, 0.1) is 5.92 Å². The number of carboxylic acid groups (broad SMARTS) is 1. The van der Waals surface area contributed by atoms with Crippen molar-refractivity contribution in [2.75, 3.05) is 13.2 Å². The Morgan fingerprint density at radius 3 is 2.33 bits per heavy atom. The summed E-state index contributed by atoms with van der Waals surface area (Å²) in [5.74, 6) is -0.286. The normalized spacial score (nSPS) is 12.8. The van der Waals surface area contributed by atoms with Crippen molar-refractivity contribution in [2.45, 2.75) is 78.7 Å². The highest BCUT2D eigenvalue weighted by Gasteiger charge is 2.31.